The Balaban J connectivity index is 1.85. The van der Waals surface area contributed by atoms with Gasteiger partial charge in [-0.2, -0.15) is 0 Å². The van der Waals surface area contributed by atoms with Gasteiger partial charge in [-0.05, 0) is 40.2 Å². The van der Waals surface area contributed by atoms with Crippen molar-refractivity contribution in [2.45, 2.75) is 0 Å². The van der Waals surface area contributed by atoms with Crippen LogP contribution < -0.4 is 5.32 Å². The average Bonchev–Trinajstić information content (AvgIpc) is 3.14. The van der Waals surface area contributed by atoms with E-state index in [1.807, 2.05) is 6.07 Å². The Morgan fingerprint density at radius 2 is 1.88 bits per heavy atom. The Morgan fingerprint density at radius 3 is 2.56 bits per heavy atom. The molecule has 6 nitrogen and oxygen atoms in total. The van der Waals surface area contributed by atoms with E-state index in [2.05, 4.69) is 21.2 Å². The molecule has 1 fully saturated rings. The van der Waals surface area contributed by atoms with Crippen LogP contribution in [0.5, 0.6) is 0 Å². The zero-order valence-corrected chi connectivity index (χ0v) is 15.0. The first kappa shape index (κ1) is 17.4. The molecular weight excluding hydrogens is 388 g/mol. The van der Waals surface area contributed by atoms with E-state index < -0.39 is 0 Å². The fourth-order valence-corrected chi connectivity index (χ4v) is 2.90. The van der Waals surface area contributed by atoms with E-state index in [-0.39, 0.29) is 17.5 Å². The molecule has 1 aliphatic heterocycles. The van der Waals surface area contributed by atoms with Gasteiger partial charge in [0.05, 0.1) is 25.0 Å². The summed E-state index contributed by atoms with van der Waals surface area (Å²) in [5.74, 6) is -0.143. The third-order valence-electron chi connectivity index (χ3n) is 3.73. The molecule has 1 N–H and O–H groups in total. The summed E-state index contributed by atoms with van der Waals surface area (Å²) in [4.78, 5) is 27.0. The molecule has 2 aromatic rings. The number of carbonyl (C=O) groups is 2. The summed E-state index contributed by atoms with van der Waals surface area (Å²) in [5, 5.41) is 2.71. The molecule has 130 valence electrons. The number of hydrogen-bond acceptors (Lipinski definition) is 4. The highest BCUT2D eigenvalue weighted by Crippen LogP contribution is 2.17. The maximum absolute atomic E-state index is 12.8. The second kappa shape index (κ2) is 8.13. The molecule has 2 heterocycles. The molecule has 1 aliphatic rings. The topological polar surface area (TPSA) is 71.8 Å². The van der Waals surface area contributed by atoms with E-state index in [1.54, 1.807) is 35.2 Å². The van der Waals surface area contributed by atoms with Crippen LogP contribution >= 0.6 is 15.9 Å². The van der Waals surface area contributed by atoms with Gasteiger partial charge in [-0.3, -0.25) is 9.59 Å². The Labute approximate surface area is 153 Å². The summed E-state index contributed by atoms with van der Waals surface area (Å²) in [7, 11) is 0. The van der Waals surface area contributed by atoms with E-state index in [9.17, 15) is 9.59 Å². The molecule has 0 unspecified atom stereocenters. The van der Waals surface area contributed by atoms with Crippen molar-refractivity contribution in [2.24, 2.45) is 0 Å². The number of rotatable bonds is 4. The molecule has 1 aromatic heterocycles. The molecule has 0 radical (unpaired) electrons. The van der Waals surface area contributed by atoms with Gasteiger partial charge in [0.1, 0.15) is 11.5 Å². The summed E-state index contributed by atoms with van der Waals surface area (Å²) in [6, 6.07) is 10.5. The molecule has 0 bridgehead atoms. The zero-order chi connectivity index (χ0) is 17.6. The fraction of sp³-hybridized carbons (Fsp3) is 0.222. The minimum atomic E-state index is -0.369. The standard InChI is InChI=1S/C18H17BrN2O4/c19-15-6-2-1-5-14(15)17(22)20-16(12-13-4-3-9-25-13)18(23)21-7-10-24-11-8-21/h1-6,9,12H,7-8,10-11H2,(H,20,22). The van der Waals surface area contributed by atoms with Crippen LogP contribution in [-0.2, 0) is 9.53 Å². The number of benzene rings is 1. The number of morpholine rings is 1. The van der Waals surface area contributed by atoms with Gasteiger partial charge in [0.2, 0.25) is 0 Å². The van der Waals surface area contributed by atoms with Gasteiger partial charge in [0.25, 0.3) is 11.8 Å². The Bertz CT molecular complexity index is 780. The van der Waals surface area contributed by atoms with Gasteiger partial charge in [-0.25, -0.2) is 0 Å². The third-order valence-corrected chi connectivity index (χ3v) is 4.42. The number of furan rings is 1. The smallest absolute Gasteiger partial charge is 0.270 e. The Kier molecular flexibility index (Phi) is 5.67. The quantitative estimate of drug-likeness (QED) is 0.795. The Morgan fingerprint density at radius 1 is 1.12 bits per heavy atom. The van der Waals surface area contributed by atoms with E-state index >= 15 is 0 Å². The number of ether oxygens (including phenoxy) is 1. The van der Waals surface area contributed by atoms with Crippen molar-refractivity contribution in [3.8, 4) is 0 Å². The van der Waals surface area contributed by atoms with Gasteiger partial charge in [0.15, 0.2) is 0 Å². The summed E-state index contributed by atoms with van der Waals surface area (Å²) in [5.41, 5.74) is 0.611. The van der Waals surface area contributed by atoms with Crippen LogP contribution in [0.4, 0.5) is 0 Å². The number of amides is 2. The zero-order valence-electron chi connectivity index (χ0n) is 13.4. The average molecular weight is 405 g/mol. The molecule has 1 saturated heterocycles. The van der Waals surface area contributed by atoms with Gasteiger partial charge in [-0.15, -0.1) is 0 Å². The molecule has 25 heavy (non-hydrogen) atoms. The number of nitrogens with one attached hydrogen (secondary N) is 1. The molecule has 7 heteroatoms. The van der Waals surface area contributed by atoms with Crippen molar-refractivity contribution in [1.29, 1.82) is 0 Å². The van der Waals surface area contributed by atoms with E-state index in [0.29, 0.717) is 42.1 Å². The number of nitrogens with zero attached hydrogens (tertiary/aromatic N) is 1. The lowest BCUT2D eigenvalue weighted by atomic mass is 10.2. The maximum atomic E-state index is 12.8. The lowest BCUT2D eigenvalue weighted by Crippen LogP contribution is -2.44. The van der Waals surface area contributed by atoms with E-state index in [1.165, 1.54) is 12.3 Å². The van der Waals surface area contributed by atoms with Crippen molar-refractivity contribution in [3.05, 3.63) is 64.2 Å². The summed E-state index contributed by atoms with van der Waals surface area (Å²) >= 11 is 3.35. The number of hydrogen-bond donors (Lipinski definition) is 1. The van der Waals surface area contributed by atoms with Crippen LogP contribution in [0, 0.1) is 0 Å². The maximum Gasteiger partial charge on any atom is 0.270 e. The van der Waals surface area contributed by atoms with Crippen LogP contribution in [-0.4, -0.2) is 43.0 Å². The van der Waals surface area contributed by atoms with E-state index in [4.69, 9.17) is 9.15 Å². The lowest BCUT2D eigenvalue weighted by molar-refractivity contribution is -0.131. The predicted octanol–water partition coefficient (Wildman–Crippen LogP) is 2.67. The van der Waals surface area contributed by atoms with Crippen molar-refractivity contribution in [1.82, 2.24) is 10.2 Å². The number of carbonyl (C=O) groups excluding carboxylic acids is 2. The van der Waals surface area contributed by atoms with Gasteiger partial charge >= 0.3 is 0 Å². The SMILES string of the molecule is O=C(NC(=Cc1ccco1)C(=O)N1CCOCC1)c1ccccc1Br. The van der Waals surface area contributed by atoms with Gasteiger partial charge in [-0.1, -0.05) is 12.1 Å². The van der Waals surface area contributed by atoms with Gasteiger partial charge in [0, 0.05) is 23.6 Å². The highest BCUT2D eigenvalue weighted by atomic mass is 79.9. The van der Waals surface area contributed by atoms with Crippen LogP contribution in [0.15, 0.2) is 57.2 Å². The van der Waals surface area contributed by atoms with Crippen molar-refractivity contribution >= 4 is 33.8 Å². The predicted molar refractivity (Wildman–Crippen MR) is 95.7 cm³/mol. The normalized spacial score (nSPS) is 15.1. The second-order valence-corrected chi connectivity index (χ2v) is 6.27. The monoisotopic (exact) mass is 404 g/mol. The first-order chi connectivity index (χ1) is 12.1. The minimum absolute atomic E-state index is 0.164. The molecule has 1 aromatic carbocycles. The molecule has 3 rings (SSSR count). The highest BCUT2D eigenvalue weighted by Gasteiger charge is 2.23. The van der Waals surface area contributed by atoms with Crippen molar-refractivity contribution < 1.29 is 18.7 Å². The first-order valence-electron chi connectivity index (χ1n) is 7.83. The molecule has 0 atom stereocenters. The molecular formula is C18H17BrN2O4. The molecule has 2 amide bonds. The lowest BCUT2D eigenvalue weighted by Gasteiger charge is -2.27. The summed E-state index contributed by atoms with van der Waals surface area (Å²) < 4.78 is 11.2. The van der Waals surface area contributed by atoms with Crippen LogP contribution in [0.2, 0.25) is 0 Å². The first-order valence-corrected chi connectivity index (χ1v) is 8.62. The van der Waals surface area contributed by atoms with Crippen LogP contribution in [0.25, 0.3) is 6.08 Å². The largest absolute Gasteiger partial charge is 0.465 e. The molecule has 0 saturated carbocycles. The minimum Gasteiger partial charge on any atom is -0.465 e. The second-order valence-electron chi connectivity index (χ2n) is 5.41. The van der Waals surface area contributed by atoms with Crippen LogP contribution in [0.1, 0.15) is 16.1 Å². The van der Waals surface area contributed by atoms with E-state index in [0.717, 1.165) is 0 Å². The fourth-order valence-electron chi connectivity index (χ4n) is 2.44. The van der Waals surface area contributed by atoms with Crippen molar-refractivity contribution in [2.75, 3.05) is 26.3 Å². The van der Waals surface area contributed by atoms with Crippen molar-refractivity contribution in [3.63, 3.8) is 0 Å². The number of halogens is 1. The Hall–Kier alpha value is -2.38. The summed E-state index contributed by atoms with van der Waals surface area (Å²) in [6.45, 7) is 1.94. The van der Waals surface area contributed by atoms with Gasteiger partial charge < -0.3 is 19.4 Å². The summed E-state index contributed by atoms with van der Waals surface area (Å²) in [6.07, 6.45) is 3.05. The van der Waals surface area contributed by atoms with Crippen LogP contribution in [0.3, 0.4) is 0 Å². The molecule has 0 aliphatic carbocycles. The highest BCUT2D eigenvalue weighted by molar-refractivity contribution is 9.10. The molecule has 0 spiro atoms. The third kappa shape index (κ3) is 4.37.